The Morgan fingerprint density at radius 3 is 2.72 bits per heavy atom. The maximum absolute atomic E-state index is 11.4. The van der Waals surface area contributed by atoms with Crippen LogP contribution in [0.5, 0.6) is 11.5 Å². The van der Waals surface area contributed by atoms with Crippen LogP contribution in [-0.4, -0.2) is 18.5 Å². The molecule has 0 fully saturated rings. The number of nitrogens with two attached hydrogens (primary N) is 1. The molecule has 1 aromatic carbocycles. The molecule has 0 unspecified atom stereocenters. The van der Waals surface area contributed by atoms with E-state index in [1.54, 1.807) is 26.0 Å². The Balaban J connectivity index is 2.38. The summed E-state index contributed by atoms with van der Waals surface area (Å²) in [5.41, 5.74) is 6.60. The first-order valence-corrected chi connectivity index (χ1v) is 6.16. The number of hydrogen-bond donors (Lipinski definition) is 1. The third-order valence-corrected chi connectivity index (χ3v) is 3.42. The van der Waals surface area contributed by atoms with Gasteiger partial charge in [-0.15, -0.1) is 0 Å². The molecule has 98 valence electrons. The number of halogens is 1. The summed E-state index contributed by atoms with van der Waals surface area (Å²) in [5.74, 6) is 1.30. The van der Waals surface area contributed by atoms with Gasteiger partial charge in [0.25, 0.3) is 0 Å². The summed E-state index contributed by atoms with van der Waals surface area (Å²) in [6.07, 6.45) is 0.464. The van der Waals surface area contributed by atoms with Crippen molar-refractivity contribution >= 4 is 22.5 Å². The molecule has 0 amide bonds. The number of benzene rings is 1. The monoisotopic (exact) mass is 269 g/mol. The highest BCUT2D eigenvalue weighted by Crippen LogP contribution is 2.39. The van der Waals surface area contributed by atoms with E-state index in [0.717, 1.165) is 5.56 Å². The molecule has 1 aliphatic rings. The van der Waals surface area contributed by atoms with Crippen LogP contribution in [0.15, 0.2) is 12.1 Å². The number of anilines is 1. The lowest BCUT2D eigenvalue weighted by Crippen LogP contribution is -2.24. The van der Waals surface area contributed by atoms with E-state index in [1.807, 2.05) is 0 Å². The molecule has 0 aliphatic carbocycles. The number of nitrogen functional groups attached to an aromatic ring is 1. The van der Waals surface area contributed by atoms with Crippen molar-refractivity contribution in [2.24, 2.45) is 5.41 Å². The molecule has 0 saturated carbocycles. The van der Waals surface area contributed by atoms with Crippen LogP contribution in [0, 0.1) is 5.41 Å². The molecular formula is C13H16ClNO3. The van der Waals surface area contributed by atoms with Gasteiger partial charge in [-0.3, -0.25) is 4.79 Å². The second kappa shape index (κ2) is 4.69. The highest BCUT2D eigenvalue weighted by Gasteiger charge is 2.29. The smallest absolute Gasteiger partial charge is 0.227 e. The number of fused-ring (bicyclic) bond motifs is 1. The summed E-state index contributed by atoms with van der Waals surface area (Å²) < 4.78 is 11.1. The zero-order chi connectivity index (χ0) is 13.3. The Bertz CT molecular complexity index is 485. The lowest BCUT2D eigenvalue weighted by Gasteiger charge is -2.25. The second-order valence-electron chi connectivity index (χ2n) is 5.04. The van der Waals surface area contributed by atoms with Crippen molar-refractivity contribution in [3.8, 4) is 11.5 Å². The average Bonchev–Trinajstić information content (AvgIpc) is 2.28. The Morgan fingerprint density at radius 2 is 2.06 bits per heavy atom. The van der Waals surface area contributed by atoms with Crippen LogP contribution in [0.25, 0.3) is 0 Å². The summed E-state index contributed by atoms with van der Waals surface area (Å²) in [7, 11) is 0. The van der Waals surface area contributed by atoms with Crippen molar-refractivity contribution in [2.45, 2.75) is 20.3 Å². The number of ether oxygens (including phenoxy) is 2. The van der Waals surface area contributed by atoms with Crippen molar-refractivity contribution in [2.75, 3.05) is 18.9 Å². The van der Waals surface area contributed by atoms with Crippen LogP contribution in [0.4, 0.5) is 5.69 Å². The van der Waals surface area contributed by atoms with Gasteiger partial charge in [0.05, 0.1) is 0 Å². The molecule has 0 aromatic heterocycles. The zero-order valence-electron chi connectivity index (χ0n) is 10.5. The summed E-state index contributed by atoms with van der Waals surface area (Å²) in [6.45, 7) is 4.59. The zero-order valence-corrected chi connectivity index (χ0v) is 11.2. The Labute approximate surface area is 111 Å². The third-order valence-electron chi connectivity index (χ3n) is 2.91. The standard InChI is InChI=1S/C13H16ClNO3/c1-13(2,12(14)16)7-8-5-9(15)6-10-11(8)18-4-3-17-10/h5-6H,3-4,7,15H2,1-2H3. The van der Waals surface area contributed by atoms with Crippen molar-refractivity contribution in [3.05, 3.63) is 17.7 Å². The van der Waals surface area contributed by atoms with Crippen LogP contribution < -0.4 is 15.2 Å². The first-order valence-electron chi connectivity index (χ1n) is 5.78. The number of carbonyl (C=O) groups is 1. The van der Waals surface area contributed by atoms with Gasteiger partial charge in [-0.1, -0.05) is 13.8 Å². The minimum absolute atomic E-state index is 0.379. The molecule has 0 atom stereocenters. The van der Waals surface area contributed by atoms with Gasteiger partial charge >= 0.3 is 0 Å². The fourth-order valence-corrected chi connectivity index (χ4v) is 1.99. The van der Waals surface area contributed by atoms with Crippen LogP contribution in [0.1, 0.15) is 19.4 Å². The molecule has 1 heterocycles. The van der Waals surface area contributed by atoms with Gasteiger partial charge in [0.2, 0.25) is 5.24 Å². The normalized spacial score (nSPS) is 14.4. The van der Waals surface area contributed by atoms with E-state index < -0.39 is 5.41 Å². The minimum Gasteiger partial charge on any atom is -0.486 e. The summed E-state index contributed by atoms with van der Waals surface area (Å²) in [5, 5.41) is -0.379. The lowest BCUT2D eigenvalue weighted by atomic mass is 9.86. The average molecular weight is 270 g/mol. The molecule has 18 heavy (non-hydrogen) atoms. The highest BCUT2D eigenvalue weighted by atomic mass is 35.5. The van der Waals surface area contributed by atoms with E-state index in [1.165, 1.54) is 0 Å². The van der Waals surface area contributed by atoms with Crippen LogP contribution in [0.3, 0.4) is 0 Å². The quantitative estimate of drug-likeness (QED) is 0.676. The Morgan fingerprint density at radius 1 is 1.39 bits per heavy atom. The van der Waals surface area contributed by atoms with E-state index in [9.17, 15) is 4.79 Å². The van der Waals surface area contributed by atoms with Gasteiger partial charge in [-0.05, 0) is 24.1 Å². The van der Waals surface area contributed by atoms with Gasteiger partial charge in [0.15, 0.2) is 11.5 Å². The second-order valence-corrected chi connectivity index (χ2v) is 5.38. The minimum atomic E-state index is -0.663. The molecule has 0 spiro atoms. The maximum atomic E-state index is 11.4. The lowest BCUT2D eigenvalue weighted by molar-refractivity contribution is -0.118. The van der Waals surface area contributed by atoms with Crippen molar-refractivity contribution in [1.29, 1.82) is 0 Å². The third kappa shape index (κ3) is 2.53. The summed E-state index contributed by atoms with van der Waals surface area (Å²) >= 11 is 5.60. The predicted molar refractivity (Wildman–Crippen MR) is 70.2 cm³/mol. The number of rotatable bonds is 3. The predicted octanol–water partition coefficient (Wildman–Crippen LogP) is 2.37. The maximum Gasteiger partial charge on any atom is 0.227 e. The first-order chi connectivity index (χ1) is 8.40. The van der Waals surface area contributed by atoms with Crippen molar-refractivity contribution in [3.63, 3.8) is 0 Å². The van der Waals surface area contributed by atoms with Gasteiger partial charge in [-0.25, -0.2) is 0 Å². The Hall–Kier alpha value is -1.42. The van der Waals surface area contributed by atoms with Gasteiger partial charge in [0, 0.05) is 22.7 Å². The largest absolute Gasteiger partial charge is 0.486 e. The van der Waals surface area contributed by atoms with Gasteiger partial charge < -0.3 is 15.2 Å². The summed E-state index contributed by atoms with van der Waals surface area (Å²) in [4.78, 5) is 11.4. The first kappa shape index (κ1) is 13.0. The number of carbonyl (C=O) groups excluding carboxylic acids is 1. The SMILES string of the molecule is CC(C)(Cc1cc(N)cc2c1OCCO2)C(=O)Cl. The molecule has 0 bridgehead atoms. The van der Waals surface area contributed by atoms with Crippen LogP contribution in [0.2, 0.25) is 0 Å². The molecule has 0 radical (unpaired) electrons. The molecule has 2 rings (SSSR count). The molecule has 2 N–H and O–H groups in total. The molecule has 4 nitrogen and oxygen atoms in total. The van der Waals surface area contributed by atoms with E-state index in [0.29, 0.717) is 36.8 Å². The fraction of sp³-hybridized carbons (Fsp3) is 0.462. The molecule has 1 aromatic rings. The van der Waals surface area contributed by atoms with E-state index in [-0.39, 0.29) is 5.24 Å². The van der Waals surface area contributed by atoms with Gasteiger partial charge in [0.1, 0.15) is 13.2 Å². The molecule has 5 heteroatoms. The summed E-state index contributed by atoms with van der Waals surface area (Å²) in [6, 6.07) is 3.53. The van der Waals surface area contributed by atoms with Crippen LogP contribution >= 0.6 is 11.6 Å². The topological polar surface area (TPSA) is 61.6 Å². The van der Waals surface area contributed by atoms with Crippen LogP contribution in [-0.2, 0) is 11.2 Å². The molecule has 0 saturated heterocycles. The van der Waals surface area contributed by atoms with Gasteiger partial charge in [-0.2, -0.15) is 0 Å². The van der Waals surface area contributed by atoms with Crippen molar-refractivity contribution in [1.82, 2.24) is 0 Å². The molecule has 1 aliphatic heterocycles. The highest BCUT2D eigenvalue weighted by molar-refractivity contribution is 6.64. The van der Waals surface area contributed by atoms with Crippen molar-refractivity contribution < 1.29 is 14.3 Å². The van der Waals surface area contributed by atoms with E-state index >= 15 is 0 Å². The van der Waals surface area contributed by atoms with E-state index in [4.69, 9.17) is 26.8 Å². The Kier molecular flexibility index (Phi) is 3.39. The number of hydrogen-bond acceptors (Lipinski definition) is 4. The molecular weight excluding hydrogens is 254 g/mol. The van der Waals surface area contributed by atoms with E-state index in [2.05, 4.69) is 0 Å². The fourth-order valence-electron chi connectivity index (χ4n) is 1.93.